The summed E-state index contributed by atoms with van der Waals surface area (Å²) in [5, 5.41) is 0. The van der Waals surface area contributed by atoms with Crippen LogP contribution in [0.2, 0.25) is 0 Å². The molecule has 0 saturated carbocycles. The van der Waals surface area contributed by atoms with Crippen LogP contribution in [0.15, 0.2) is 0 Å². The Morgan fingerprint density at radius 3 is 2.12 bits per heavy atom. The molecule has 2 aliphatic heterocycles. The topological polar surface area (TPSA) is 9.23 Å². The highest BCUT2D eigenvalue weighted by Crippen LogP contribution is 2.24. The van der Waals surface area contributed by atoms with Gasteiger partial charge in [-0.2, -0.15) is 0 Å². The quantitative estimate of drug-likeness (QED) is 0.679. The molecule has 0 bridgehead atoms. The predicted molar refractivity (Wildman–Crippen MR) is 70.8 cm³/mol. The van der Waals surface area contributed by atoms with Crippen LogP contribution in [0, 0.1) is 5.92 Å². The third-order valence-corrected chi connectivity index (χ3v) is 4.91. The molecule has 0 aromatic carbocycles. The van der Waals surface area contributed by atoms with Crippen molar-refractivity contribution in [3.05, 3.63) is 0 Å². The van der Waals surface area contributed by atoms with Crippen LogP contribution in [0.25, 0.3) is 0 Å². The number of hydrogen-bond donors (Lipinski definition) is 0. The molecule has 2 saturated heterocycles. The first-order chi connectivity index (χ1) is 7.99. The van der Waals surface area contributed by atoms with Gasteiger partial charge < -0.3 is 13.7 Å². The Morgan fingerprint density at radius 2 is 1.53 bits per heavy atom. The van der Waals surface area contributed by atoms with Crippen molar-refractivity contribution in [2.45, 2.75) is 19.3 Å². The van der Waals surface area contributed by atoms with E-state index in [-0.39, 0.29) is 0 Å². The number of likely N-dealkylation sites (N-methyl/N-ethyl adjacent to an activating group) is 1. The zero-order valence-electron chi connectivity index (χ0n) is 12.0. The molecular formula is C14H30N2O+2. The molecule has 0 atom stereocenters. The maximum Gasteiger partial charge on any atom is 0.102 e. The lowest BCUT2D eigenvalue weighted by Crippen LogP contribution is -2.53. The van der Waals surface area contributed by atoms with Gasteiger partial charge >= 0.3 is 0 Å². The van der Waals surface area contributed by atoms with E-state index in [2.05, 4.69) is 21.1 Å². The van der Waals surface area contributed by atoms with Crippen LogP contribution in [0.3, 0.4) is 0 Å². The van der Waals surface area contributed by atoms with Gasteiger partial charge in [-0.05, 0) is 25.2 Å². The number of likely N-dealkylation sites (tertiary alicyclic amines) is 1. The van der Waals surface area contributed by atoms with Gasteiger partial charge in [0.15, 0.2) is 0 Å². The average Bonchev–Trinajstić information content (AvgIpc) is 2.29. The maximum atomic E-state index is 5.47. The van der Waals surface area contributed by atoms with Gasteiger partial charge in [0, 0.05) is 0 Å². The molecule has 0 amide bonds. The molecule has 3 heteroatoms. The average molecular weight is 242 g/mol. The number of ether oxygens (including phenoxy) is 1. The van der Waals surface area contributed by atoms with Gasteiger partial charge in [0.05, 0.1) is 54.0 Å². The Labute approximate surface area is 107 Å². The molecule has 0 aromatic rings. The first kappa shape index (κ1) is 13.3. The zero-order valence-corrected chi connectivity index (χ0v) is 12.0. The van der Waals surface area contributed by atoms with E-state index in [1.54, 1.807) is 0 Å². The van der Waals surface area contributed by atoms with Crippen LogP contribution in [0.5, 0.6) is 0 Å². The van der Waals surface area contributed by atoms with Crippen molar-refractivity contribution in [3.8, 4) is 0 Å². The van der Waals surface area contributed by atoms with Gasteiger partial charge in [0.25, 0.3) is 0 Å². The summed E-state index contributed by atoms with van der Waals surface area (Å²) in [6, 6.07) is 0. The van der Waals surface area contributed by atoms with Gasteiger partial charge in [0.2, 0.25) is 0 Å². The smallest absolute Gasteiger partial charge is 0.102 e. The fourth-order valence-electron chi connectivity index (χ4n) is 3.11. The number of morpholine rings is 1. The number of nitrogens with zero attached hydrogens (tertiary/aromatic N) is 2. The molecule has 2 rings (SSSR count). The number of hydrogen-bond acceptors (Lipinski definition) is 1. The molecule has 0 radical (unpaired) electrons. The highest BCUT2D eigenvalue weighted by atomic mass is 16.5. The van der Waals surface area contributed by atoms with Crippen LogP contribution in [0.1, 0.15) is 19.3 Å². The van der Waals surface area contributed by atoms with Gasteiger partial charge in [-0.25, -0.2) is 0 Å². The van der Waals surface area contributed by atoms with Crippen LogP contribution in [0.4, 0.5) is 0 Å². The highest BCUT2D eigenvalue weighted by molar-refractivity contribution is 4.64. The summed E-state index contributed by atoms with van der Waals surface area (Å²) in [5.41, 5.74) is 0. The van der Waals surface area contributed by atoms with E-state index in [9.17, 15) is 0 Å². The van der Waals surface area contributed by atoms with Gasteiger partial charge in [-0.1, -0.05) is 0 Å². The molecule has 0 N–H and O–H groups in total. The minimum Gasteiger partial charge on any atom is -0.370 e. The first-order valence-electron chi connectivity index (χ1n) is 7.22. The van der Waals surface area contributed by atoms with Crippen LogP contribution < -0.4 is 0 Å². The van der Waals surface area contributed by atoms with E-state index in [1.807, 2.05) is 0 Å². The summed E-state index contributed by atoms with van der Waals surface area (Å²) in [4.78, 5) is 0. The second-order valence-corrected chi connectivity index (χ2v) is 7.02. The Kier molecular flexibility index (Phi) is 4.11. The lowest BCUT2D eigenvalue weighted by molar-refractivity contribution is -0.918. The standard InChI is InChI=1S/C14H30N2O/c1-15(2)7-4-14(5-8-15)6-9-16(3)10-12-17-13-11-16/h14H,4-13H2,1-3H3/q+2. The molecule has 2 aliphatic rings. The molecule has 0 unspecified atom stereocenters. The summed E-state index contributed by atoms with van der Waals surface area (Å²) in [6.45, 7) is 8.47. The Morgan fingerprint density at radius 1 is 0.941 bits per heavy atom. The predicted octanol–water partition coefficient (Wildman–Crippen LogP) is 1.34. The second kappa shape index (κ2) is 5.25. The van der Waals surface area contributed by atoms with Crippen LogP contribution in [-0.2, 0) is 4.74 Å². The minimum absolute atomic E-state index is 0.963. The lowest BCUT2D eigenvalue weighted by Gasteiger charge is -2.40. The monoisotopic (exact) mass is 242 g/mol. The van der Waals surface area contributed by atoms with Gasteiger partial charge in [0.1, 0.15) is 13.1 Å². The summed E-state index contributed by atoms with van der Waals surface area (Å²) in [7, 11) is 7.14. The fraction of sp³-hybridized carbons (Fsp3) is 1.00. The van der Waals surface area contributed by atoms with E-state index in [1.165, 1.54) is 61.0 Å². The number of rotatable bonds is 3. The fourth-order valence-corrected chi connectivity index (χ4v) is 3.11. The Balaban J connectivity index is 1.71. The molecule has 2 heterocycles. The van der Waals surface area contributed by atoms with Crippen molar-refractivity contribution < 1.29 is 13.7 Å². The molecule has 0 aliphatic carbocycles. The van der Waals surface area contributed by atoms with Crippen molar-refractivity contribution >= 4 is 0 Å². The molecule has 2 fully saturated rings. The normalized spacial score (nSPS) is 29.1. The Hall–Kier alpha value is -0.120. The molecule has 17 heavy (non-hydrogen) atoms. The van der Waals surface area contributed by atoms with Crippen molar-refractivity contribution in [3.63, 3.8) is 0 Å². The lowest BCUT2D eigenvalue weighted by atomic mass is 9.92. The van der Waals surface area contributed by atoms with E-state index < -0.39 is 0 Å². The molecule has 100 valence electrons. The molecule has 0 spiro atoms. The van der Waals surface area contributed by atoms with Crippen molar-refractivity contribution in [1.82, 2.24) is 0 Å². The largest absolute Gasteiger partial charge is 0.370 e. The summed E-state index contributed by atoms with van der Waals surface area (Å²) in [6.07, 6.45) is 4.30. The van der Waals surface area contributed by atoms with Crippen molar-refractivity contribution in [2.24, 2.45) is 5.92 Å². The zero-order chi connectivity index (χ0) is 12.4. The summed E-state index contributed by atoms with van der Waals surface area (Å²) < 4.78 is 7.94. The molecular weight excluding hydrogens is 212 g/mol. The number of piperidine rings is 1. The molecule has 3 nitrogen and oxygen atoms in total. The van der Waals surface area contributed by atoms with E-state index in [0.29, 0.717) is 0 Å². The molecule has 0 aromatic heterocycles. The Bertz CT molecular complexity index is 237. The van der Waals surface area contributed by atoms with E-state index in [4.69, 9.17) is 4.74 Å². The van der Waals surface area contributed by atoms with Crippen LogP contribution >= 0.6 is 0 Å². The number of quaternary nitrogens is 2. The highest BCUT2D eigenvalue weighted by Gasteiger charge is 2.30. The maximum absolute atomic E-state index is 5.47. The van der Waals surface area contributed by atoms with Crippen LogP contribution in [-0.4, -0.2) is 76.0 Å². The van der Waals surface area contributed by atoms with E-state index >= 15 is 0 Å². The first-order valence-corrected chi connectivity index (χ1v) is 7.22. The second-order valence-electron chi connectivity index (χ2n) is 7.02. The third kappa shape index (κ3) is 3.94. The van der Waals surface area contributed by atoms with Crippen molar-refractivity contribution in [2.75, 3.05) is 67.1 Å². The van der Waals surface area contributed by atoms with Crippen molar-refractivity contribution in [1.29, 1.82) is 0 Å². The van der Waals surface area contributed by atoms with Gasteiger partial charge in [-0.3, -0.25) is 0 Å². The summed E-state index contributed by atoms with van der Waals surface area (Å²) in [5.74, 6) is 0.985. The van der Waals surface area contributed by atoms with Gasteiger partial charge in [-0.15, -0.1) is 0 Å². The summed E-state index contributed by atoms with van der Waals surface area (Å²) >= 11 is 0. The van der Waals surface area contributed by atoms with E-state index in [0.717, 1.165) is 19.1 Å². The SMILES string of the molecule is C[N+]1(C)CCC(CC[N+]2(C)CCOCC2)CC1. The minimum atomic E-state index is 0.963. The third-order valence-electron chi connectivity index (χ3n) is 4.91.